The van der Waals surface area contributed by atoms with E-state index in [1.807, 2.05) is 6.07 Å². The van der Waals surface area contributed by atoms with Crippen LogP contribution in [0.4, 0.5) is 13.2 Å². The molecular formula is C18H17F3N2O3. The van der Waals surface area contributed by atoms with Crippen LogP contribution in [0.2, 0.25) is 0 Å². The van der Waals surface area contributed by atoms with Crippen molar-refractivity contribution in [2.24, 2.45) is 5.73 Å². The van der Waals surface area contributed by atoms with Crippen molar-refractivity contribution in [1.29, 1.82) is 5.26 Å². The fraction of sp³-hybridized carbons (Fsp3) is 0.333. The molecule has 0 aromatic heterocycles. The van der Waals surface area contributed by atoms with Gasteiger partial charge in [-0.3, -0.25) is 0 Å². The van der Waals surface area contributed by atoms with Crippen LogP contribution in [-0.2, 0) is 20.4 Å². The number of alkyl halides is 3. The van der Waals surface area contributed by atoms with Crippen molar-refractivity contribution in [2.45, 2.75) is 32.4 Å². The van der Waals surface area contributed by atoms with Gasteiger partial charge in [0.1, 0.15) is 17.4 Å². The van der Waals surface area contributed by atoms with Gasteiger partial charge in [0.05, 0.1) is 23.7 Å². The lowest BCUT2D eigenvalue weighted by molar-refractivity contribution is -0.139. The second-order valence-corrected chi connectivity index (χ2v) is 5.46. The second-order valence-electron chi connectivity index (χ2n) is 5.46. The Hall–Kier alpha value is -2.95. The maximum Gasteiger partial charge on any atom is 0.416 e. The van der Waals surface area contributed by atoms with Gasteiger partial charge >= 0.3 is 12.1 Å². The lowest BCUT2D eigenvalue weighted by Crippen LogP contribution is -2.26. The number of ether oxygens (including phenoxy) is 2. The molecule has 26 heavy (non-hydrogen) atoms. The predicted octanol–water partition coefficient (Wildman–Crippen LogP) is 3.74. The number of rotatable bonds is 4. The standard InChI is InChI=1S/C18H17F3N2O3/c1-3-13-15(17(24)25-4-2)14(12(9-22)16(23)26-13)10-6-5-7-11(8-10)18(19,20)21/h5-8,14H,3-4,23H2,1-2H3/t14-/m1/s1. The van der Waals surface area contributed by atoms with E-state index in [2.05, 4.69) is 0 Å². The first-order valence-corrected chi connectivity index (χ1v) is 7.89. The molecule has 0 saturated carbocycles. The van der Waals surface area contributed by atoms with Crippen LogP contribution in [0.15, 0.2) is 47.1 Å². The third-order valence-corrected chi connectivity index (χ3v) is 3.86. The number of hydrogen-bond acceptors (Lipinski definition) is 5. The Labute approximate surface area is 148 Å². The maximum atomic E-state index is 13.1. The van der Waals surface area contributed by atoms with Crippen molar-refractivity contribution in [3.63, 3.8) is 0 Å². The van der Waals surface area contributed by atoms with E-state index >= 15 is 0 Å². The summed E-state index contributed by atoms with van der Waals surface area (Å²) >= 11 is 0. The first-order chi connectivity index (χ1) is 12.2. The minimum Gasteiger partial charge on any atom is -0.463 e. The molecule has 8 heteroatoms. The van der Waals surface area contributed by atoms with E-state index in [-0.39, 0.29) is 41.4 Å². The van der Waals surface area contributed by atoms with Crippen molar-refractivity contribution in [3.8, 4) is 6.07 Å². The number of halogens is 3. The summed E-state index contributed by atoms with van der Waals surface area (Å²) in [5.41, 5.74) is 4.84. The summed E-state index contributed by atoms with van der Waals surface area (Å²) in [6.45, 7) is 3.36. The highest BCUT2D eigenvalue weighted by Gasteiger charge is 2.38. The van der Waals surface area contributed by atoms with E-state index in [1.165, 1.54) is 12.1 Å². The van der Waals surface area contributed by atoms with E-state index in [0.717, 1.165) is 12.1 Å². The van der Waals surface area contributed by atoms with E-state index < -0.39 is 23.6 Å². The summed E-state index contributed by atoms with van der Waals surface area (Å²) in [7, 11) is 0. The number of hydrogen-bond donors (Lipinski definition) is 1. The van der Waals surface area contributed by atoms with Gasteiger partial charge in [-0.2, -0.15) is 18.4 Å². The SMILES string of the molecule is CCOC(=O)C1=C(CC)OC(N)=C(C#N)[C@H]1c1cccc(C(F)(F)F)c1. The van der Waals surface area contributed by atoms with Crippen LogP contribution in [0.5, 0.6) is 0 Å². The van der Waals surface area contributed by atoms with Crippen LogP contribution in [0, 0.1) is 11.3 Å². The minimum absolute atomic E-state index is 0.0144. The summed E-state index contributed by atoms with van der Waals surface area (Å²) in [5, 5.41) is 9.45. The number of nitrogens with two attached hydrogens (primary N) is 1. The van der Waals surface area contributed by atoms with Crippen LogP contribution < -0.4 is 5.73 Å². The average molecular weight is 366 g/mol. The first-order valence-electron chi connectivity index (χ1n) is 7.89. The van der Waals surface area contributed by atoms with Gasteiger partial charge in [0.15, 0.2) is 0 Å². The molecule has 0 fully saturated rings. The van der Waals surface area contributed by atoms with Crippen LogP contribution in [0.1, 0.15) is 37.3 Å². The fourth-order valence-electron chi connectivity index (χ4n) is 2.74. The highest BCUT2D eigenvalue weighted by molar-refractivity contribution is 5.92. The van der Waals surface area contributed by atoms with E-state index in [1.54, 1.807) is 13.8 Å². The molecule has 1 aliphatic heterocycles. The quantitative estimate of drug-likeness (QED) is 0.821. The van der Waals surface area contributed by atoms with Gasteiger partial charge < -0.3 is 15.2 Å². The smallest absolute Gasteiger partial charge is 0.416 e. The Morgan fingerprint density at radius 1 is 1.38 bits per heavy atom. The first kappa shape index (κ1) is 19.4. The summed E-state index contributed by atoms with van der Waals surface area (Å²) in [5.74, 6) is -1.92. The van der Waals surface area contributed by atoms with Gasteiger partial charge in [-0.25, -0.2) is 4.79 Å². The van der Waals surface area contributed by atoms with Crippen LogP contribution in [-0.4, -0.2) is 12.6 Å². The number of allylic oxidation sites excluding steroid dienone is 2. The second kappa shape index (κ2) is 7.52. The van der Waals surface area contributed by atoms with Crippen molar-refractivity contribution >= 4 is 5.97 Å². The molecule has 1 aromatic rings. The Bertz CT molecular complexity index is 820. The topological polar surface area (TPSA) is 85.3 Å². The van der Waals surface area contributed by atoms with E-state index in [9.17, 15) is 23.2 Å². The molecule has 1 aromatic carbocycles. The van der Waals surface area contributed by atoms with Crippen molar-refractivity contribution in [2.75, 3.05) is 6.61 Å². The normalized spacial score (nSPS) is 17.6. The zero-order valence-corrected chi connectivity index (χ0v) is 14.2. The third-order valence-electron chi connectivity index (χ3n) is 3.86. The van der Waals surface area contributed by atoms with Crippen LogP contribution in [0.25, 0.3) is 0 Å². The van der Waals surface area contributed by atoms with Gasteiger partial charge in [0, 0.05) is 6.42 Å². The molecule has 2 rings (SSSR count). The number of benzene rings is 1. The van der Waals surface area contributed by atoms with E-state index in [4.69, 9.17) is 15.2 Å². The molecule has 0 saturated heterocycles. The minimum atomic E-state index is -4.56. The van der Waals surface area contributed by atoms with E-state index in [0.29, 0.717) is 0 Å². The lowest BCUT2D eigenvalue weighted by Gasteiger charge is -2.28. The fourth-order valence-corrected chi connectivity index (χ4v) is 2.74. The average Bonchev–Trinajstić information content (AvgIpc) is 2.60. The number of carbonyl (C=O) groups excluding carboxylic acids is 1. The van der Waals surface area contributed by atoms with Gasteiger partial charge in [0.25, 0.3) is 0 Å². The molecule has 1 aliphatic rings. The number of esters is 1. The molecule has 0 unspecified atom stereocenters. The number of carbonyl (C=O) groups is 1. The van der Waals surface area contributed by atoms with Crippen molar-refractivity contribution in [1.82, 2.24) is 0 Å². The molecule has 2 N–H and O–H groups in total. The Morgan fingerprint density at radius 3 is 2.62 bits per heavy atom. The molecule has 0 bridgehead atoms. The van der Waals surface area contributed by atoms with Gasteiger partial charge in [-0.15, -0.1) is 0 Å². The highest BCUT2D eigenvalue weighted by Crippen LogP contribution is 2.42. The largest absolute Gasteiger partial charge is 0.463 e. The molecule has 0 aliphatic carbocycles. The molecule has 1 atom stereocenters. The number of nitrogens with zero attached hydrogens (tertiary/aromatic N) is 1. The Balaban J connectivity index is 2.69. The Kier molecular flexibility index (Phi) is 5.60. The molecule has 0 radical (unpaired) electrons. The Morgan fingerprint density at radius 2 is 2.08 bits per heavy atom. The molecule has 5 nitrogen and oxygen atoms in total. The predicted molar refractivity (Wildman–Crippen MR) is 86.0 cm³/mol. The lowest BCUT2D eigenvalue weighted by atomic mass is 9.82. The molecule has 0 spiro atoms. The van der Waals surface area contributed by atoms with Gasteiger partial charge in [-0.05, 0) is 18.6 Å². The zero-order valence-electron chi connectivity index (χ0n) is 14.2. The third kappa shape index (κ3) is 3.67. The zero-order chi connectivity index (χ0) is 19.5. The summed E-state index contributed by atoms with van der Waals surface area (Å²) in [4.78, 5) is 12.4. The number of nitriles is 1. The molecular weight excluding hydrogens is 349 g/mol. The van der Waals surface area contributed by atoms with Crippen LogP contribution in [0.3, 0.4) is 0 Å². The highest BCUT2D eigenvalue weighted by atomic mass is 19.4. The summed E-state index contributed by atoms with van der Waals surface area (Å²) in [6, 6.07) is 6.27. The maximum absolute atomic E-state index is 13.1. The molecule has 1 heterocycles. The van der Waals surface area contributed by atoms with Gasteiger partial charge in [-0.1, -0.05) is 25.1 Å². The molecule has 0 amide bonds. The molecule has 138 valence electrons. The van der Waals surface area contributed by atoms with Gasteiger partial charge in [0.2, 0.25) is 5.88 Å². The summed E-state index contributed by atoms with van der Waals surface area (Å²) < 4.78 is 49.6. The monoisotopic (exact) mass is 366 g/mol. The van der Waals surface area contributed by atoms with Crippen LogP contribution >= 0.6 is 0 Å². The van der Waals surface area contributed by atoms with Crippen molar-refractivity contribution in [3.05, 3.63) is 58.2 Å². The summed E-state index contributed by atoms with van der Waals surface area (Å²) in [6.07, 6.45) is -4.31. The van der Waals surface area contributed by atoms with Crippen molar-refractivity contribution < 1.29 is 27.4 Å².